The molecule has 0 spiro atoms. The summed E-state index contributed by atoms with van der Waals surface area (Å²) in [5.41, 5.74) is -0.299. The first kappa shape index (κ1) is 9.39. The fourth-order valence-electron chi connectivity index (χ4n) is 1.27. The van der Waals surface area contributed by atoms with Gasteiger partial charge in [0.25, 0.3) is 0 Å². The lowest BCUT2D eigenvalue weighted by molar-refractivity contribution is 0.0697. The van der Waals surface area contributed by atoms with Crippen molar-refractivity contribution in [3.8, 4) is 11.5 Å². The molecule has 4 nitrogen and oxygen atoms in total. The highest BCUT2D eigenvalue weighted by molar-refractivity contribution is 5.94. The number of rotatable bonds is 2. The van der Waals surface area contributed by atoms with Crippen LogP contribution in [0.4, 0.5) is 4.39 Å². The van der Waals surface area contributed by atoms with E-state index in [0.717, 1.165) is 6.07 Å². The van der Waals surface area contributed by atoms with Crippen molar-refractivity contribution in [3.05, 3.63) is 42.0 Å². The predicted octanol–water partition coefficient (Wildman–Crippen LogP) is 2.18. The van der Waals surface area contributed by atoms with Crippen LogP contribution in [0, 0.1) is 5.82 Å². The van der Waals surface area contributed by atoms with Crippen LogP contribution in [0.3, 0.4) is 0 Å². The summed E-state index contributed by atoms with van der Waals surface area (Å²) in [4.78, 5) is 14.6. The van der Waals surface area contributed by atoms with Crippen molar-refractivity contribution in [2.24, 2.45) is 0 Å². The van der Waals surface area contributed by atoms with Gasteiger partial charge in [-0.05, 0) is 12.1 Å². The molecule has 0 radical (unpaired) electrons. The molecule has 0 unspecified atom stereocenters. The van der Waals surface area contributed by atoms with E-state index in [0.29, 0.717) is 0 Å². The van der Waals surface area contributed by atoms with Gasteiger partial charge in [-0.2, -0.15) is 0 Å². The van der Waals surface area contributed by atoms with Crippen LogP contribution < -0.4 is 0 Å². The fraction of sp³-hybridized carbons (Fsp3) is 0. The third-order valence-corrected chi connectivity index (χ3v) is 1.89. The van der Waals surface area contributed by atoms with Gasteiger partial charge in [0.05, 0.1) is 17.3 Å². The Balaban J connectivity index is 2.68. The zero-order valence-electron chi connectivity index (χ0n) is 7.48. The van der Waals surface area contributed by atoms with E-state index in [4.69, 9.17) is 9.52 Å². The molecule has 0 bridgehead atoms. The Labute approximate surface area is 84.0 Å². The fourth-order valence-corrected chi connectivity index (χ4v) is 1.27. The summed E-state index contributed by atoms with van der Waals surface area (Å²) in [6.07, 6.45) is 2.58. The smallest absolute Gasteiger partial charge is 0.336 e. The molecule has 0 aliphatic rings. The maximum absolute atomic E-state index is 13.4. The Morgan fingerprint density at radius 3 is 2.87 bits per heavy atom. The lowest BCUT2D eigenvalue weighted by Gasteiger charge is -2.02. The lowest BCUT2D eigenvalue weighted by Crippen LogP contribution is -2.01. The normalized spacial score (nSPS) is 10.2. The minimum absolute atomic E-state index is 0.0366. The minimum atomic E-state index is -1.22. The number of oxazole rings is 1. The van der Waals surface area contributed by atoms with Gasteiger partial charge in [0.2, 0.25) is 5.89 Å². The lowest BCUT2D eigenvalue weighted by atomic mass is 10.1. The van der Waals surface area contributed by atoms with Crippen molar-refractivity contribution in [3.63, 3.8) is 0 Å². The van der Waals surface area contributed by atoms with Gasteiger partial charge < -0.3 is 9.52 Å². The van der Waals surface area contributed by atoms with Crippen molar-refractivity contribution < 1.29 is 18.7 Å². The van der Waals surface area contributed by atoms with E-state index in [1.807, 2.05) is 0 Å². The summed E-state index contributed by atoms with van der Waals surface area (Å²) >= 11 is 0. The molecule has 1 heterocycles. The number of hydrogen-bond donors (Lipinski definition) is 1. The summed E-state index contributed by atoms with van der Waals surface area (Å²) in [6.45, 7) is 0. The van der Waals surface area contributed by atoms with Crippen LogP contribution in [-0.2, 0) is 0 Å². The molecular formula is C10H6FNO3. The molecule has 15 heavy (non-hydrogen) atoms. The molecule has 0 saturated carbocycles. The van der Waals surface area contributed by atoms with Crippen molar-refractivity contribution in [2.45, 2.75) is 0 Å². The molecule has 0 atom stereocenters. The minimum Gasteiger partial charge on any atom is -0.478 e. The molecule has 1 N–H and O–H groups in total. The summed E-state index contributed by atoms with van der Waals surface area (Å²) in [5, 5.41) is 8.85. The third kappa shape index (κ3) is 1.59. The maximum Gasteiger partial charge on any atom is 0.336 e. The van der Waals surface area contributed by atoms with E-state index >= 15 is 0 Å². The Morgan fingerprint density at radius 1 is 1.47 bits per heavy atom. The molecule has 2 rings (SSSR count). The molecule has 0 aliphatic heterocycles. The Morgan fingerprint density at radius 2 is 2.27 bits per heavy atom. The number of aromatic nitrogens is 1. The third-order valence-electron chi connectivity index (χ3n) is 1.89. The Bertz CT molecular complexity index is 493. The molecule has 0 saturated heterocycles. The number of nitrogens with zero attached hydrogens (tertiary/aromatic N) is 1. The molecule has 0 amide bonds. The average molecular weight is 207 g/mol. The highest BCUT2D eigenvalue weighted by Gasteiger charge is 2.18. The summed E-state index contributed by atoms with van der Waals surface area (Å²) in [7, 11) is 0. The van der Waals surface area contributed by atoms with Gasteiger partial charge in [0.1, 0.15) is 12.1 Å². The number of benzene rings is 1. The quantitative estimate of drug-likeness (QED) is 0.819. The molecular weight excluding hydrogens is 201 g/mol. The highest BCUT2D eigenvalue weighted by atomic mass is 19.1. The molecule has 1 aromatic carbocycles. The van der Waals surface area contributed by atoms with Crippen molar-refractivity contribution in [2.75, 3.05) is 0 Å². The summed E-state index contributed by atoms with van der Waals surface area (Å²) < 4.78 is 18.3. The summed E-state index contributed by atoms with van der Waals surface area (Å²) in [5.74, 6) is -1.93. The van der Waals surface area contributed by atoms with Crippen LogP contribution in [0.5, 0.6) is 0 Å². The second-order valence-corrected chi connectivity index (χ2v) is 2.80. The number of hydrogen-bond acceptors (Lipinski definition) is 3. The van der Waals surface area contributed by atoms with Gasteiger partial charge in [-0.25, -0.2) is 14.2 Å². The van der Waals surface area contributed by atoms with Gasteiger partial charge in [0, 0.05) is 0 Å². The van der Waals surface area contributed by atoms with Crippen molar-refractivity contribution in [1.82, 2.24) is 4.98 Å². The average Bonchev–Trinajstić information content (AvgIpc) is 2.70. The van der Waals surface area contributed by atoms with Gasteiger partial charge >= 0.3 is 5.97 Å². The Hall–Kier alpha value is -2.17. The zero-order chi connectivity index (χ0) is 10.8. The number of aromatic carboxylic acids is 1. The first-order valence-corrected chi connectivity index (χ1v) is 4.12. The van der Waals surface area contributed by atoms with Crippen LogP contribution in [0.25, 0.3) is 11.5 Å². The van der Waals surface area contributed by atoms with E-state index in [9.17, 15) is 9.18 Å². The van der Waals surface area contributed by atoms with E-state index in [1.54, 1.807) is 0 Å². The molecule has 76 valence electrons. The highest BCUT2D eigenvalue weighted by Crippen LogP contribution is 2.25. The zero-order valence-corrected chi connectivity index (χ0v) is 7.48. The van der Waals surface area contributed by atoms with Crippen molar-refractivity contribution in [1.29, 1.82) is 0 Å². The van der Waals surface area contributed by atoms with Gasteiger partial charge in [-0.1, -0.05) is 6.07 Å². The van der Waals surface area contributed by atoms with E-state index in [-0.39, 0.29) is 17.0 Å². The number of carboxylic acids is 1. The van der Waals surface area contributed by atoms with E-state index in [2.05, 4.69) is 4.98 Å². The van der Waals surface area contributed by atoms with Crippen LogP contribution in [-0.4, -0.2) is 16.1 Å². The van der Waals surface area contributed by atoms with Gasteiger partial charge in [0.15, 0.2) is 0 Å². The van der Waals surface area contributed by atoms with Gasteiger partial charge in [-0.3, -0.25) is 0 Å². The van der Waals surface area contributed by atoms with Crippen molar-refractivity contribution >= 4 is 5.97 Å². The summed E-state index contributed by atoms with van der Waals surface area (Å²) in [6, 6.07) is 3.78. The second kappa shape index (κ2) is 3.53. The van der Waals surface area contributed by atoms with Crippen LogP contribution in [0.1, 0.15) is 10.4 Å². The van der Waals surface area contributed by atoms with Gasteiger partial charge in [-0.15, -0.1) is 0 Å². The van der Waals surface area contributed by atoms with Crippen LogP contribution in [0.2, 0.25) is 0 Å². The molecule has 5 heteroatoms. The van der Waals surface area contributed by atoms with E-state index < -0.39 is 11.8 Å². The first-order chi connectivity index (χ1) is 7.20. The molecule has 0 fully saturated rings. The molecule has 2 aromatic rings. The monoisotopic (exact) mass is 207 g/mol. The number of halogens is 1. The predicted molar refractivity (Wildman–Crippen MR) is 48.9 cm³/mol. The molecule has 0 aliphatic carbocycles. The first-order valence-electron chi connectivity index (χ1n) is 4.12. The maximum atomic E-state index is 13.4. The Kier molecular flexibility index (Phi) is 2.21. The standard InChI is InChI=1S/C10H6FNO3/c11-7-3-1-2-6(10(13)14)8(7)9-12-4-5-15-9/h1-5H,(H,13,14). The SMILES string of the molecule is O=C(O)c1cccc(F)c1-c1ncco1. The van der Waals surface area contributed by atoms with Crippen LogP contribution in [0.15, 0.2) is 35.1 Å². The second-order valence-electron chi connectivity index (χ2n) is 2.80. The van der Waals surface area contributed by atoms with E-state index in [1.165, 1.54) is 24.6 Å². The topological polar surface area (TPSA) is 63.3 Å². The largest absolute Gasteiger partial charge is 0.478 e. The molecule has 1 aromatic heterocycles. The number of carboxylic acid groups (broad SMARTS) is 1. The van der Waals surface area contributed by atoms with Crippen LogP contribution >= 0.6 is 0 Å². The number of carbonyl (C=O) groups is 1.